The van der Waals surface area contributed by atoms with E-state index in [-0.39, 0.29) is 28.1 Å². The molecule has 37 heavy (non-hydrogen) atoms. The van der Waals surface area contributed by atoms with Crippen LogP contribution in [0.25, 0.3) is 11.0 Å². The quantitative estimate of drug-likeness (QED) is 0.276. The number of aryl methyl sites for hydroxylation is 1. The molecule has 7 nitrogen and oxygen atoms in total. The van der Waals surface area contributed by atoms with E-state index in [1.165, 1.54) is 17.0 Å². The van der Waals surface area contributed by atoms with E-state index in [1.54, 1.807) is 49.4 Å². The molecule has 2 aromatic heterocycles. The molecule has 0 radical (unpaired) electrons. The van der Waals surface area contributed by atoms with Crippen molar-refractivity contribution in [2.45, 2.75) is 19.6 Å². The molecule has 0 N–H and O–H groups in total. The highest BCUT2D eigenvalue weighted by Gasteiger charge is 2.45. The van der Waals surface area contributed by atoms with Crippen molar-refractivity contribution >= 4 is 34.3 Å². The van der Waals surface area contributed by atoms with Crippen LogP contribution in [-0.2, 0) is 6.61 Å². The first-order chi connectivity index (χ1) is 17.9. The maximum atomic E-state index is 14.0. The molecule has 1 unspecified atom stereocenters. The first-order valence-electron chi connectivity index (χ1n) is 11.4. The molecule has 3 heterocycles. The van der Waals surface area contributed by atoms with E-state index in [1.807, 2.05) is 12.1 Å². The normalized spacial score (nSPS) is 14.8. The van der Waals surface area contributed by atoms with Gasteiger partial charge in [-0.2, -0.15) is 0 Å². The van der Waals surface area contributed by atoms with Crippen LogP contribution in [0, 0.1) is 12.7 Å². The summed E-state index contributed by atoms with van der Waals surface area (Å²) in [6, 6.07) is 18.7. The Morgan fingerprint density at radius 1 is 1.03 bits per heavy atom. The first-order valence-corrected chi connectivity index (χ1v) is 11.8. The fraction of sp³-hybridized carbons (Fsp3) is 0.107. The average Bonchev–Trinajstić information content (AvgIpc) is 3.45. The number of hydrogen-bond acceptors (Lipinski definition) is 6. The second-order valence-corrected chi connectivity index (χ2v) is 9.11. The van der Waals surface area contributed by atoms with Crippen molar-refractivity contribution in [2.24, 2.45) is 0 Å². The lowest BCUT2D eigenvalue weighted by Gasteiger charge is -2.22. The SMILES string of the molecule is Cc1cc(N2C(=O)c3oc4ccc(F)cc4c(=O)c3C2c2ccc(OCc3ccc(Cl)cc3)cc2)no1. The van der Waals surface area contributed by atoms with Crippen molar-refractivity contribution in [3.05, 3.63) is 122 Å². The third kappa shape index (κ3) is 4.05. The number of halogens is 2. The first kappa shape index (κ1) is 23.0. The maximum Gasteiger partial charge on any atom is 0.296 e. The molecule has 0 aliphatic carbocycles. The Morgan fingerprint density at radius 2 is 1.78 bits per heavy atom. The molecule has 1 aliphatic heterocycles. The molecule has 1 atom stereocenters. The molecule has 1 amide bonds. The van der Waals surface area contributed by atoms with Crippen LogP contribution in [0.3, 0.4) is 0 Å². The Kier molecular flexibility index (Phi) is 5.53. The summed E-state index contributed by atoms with van der Waals surface area (Å²) < 4.78 is 30.9. The fourth-order valence-electron chi connectivity index (χ4n) is 4.46. The number of benzene rings is 3. The van der Waals surface area contributed by atoms with E-state index in [9.17, 15) is 14.0 Å². The number of anilines is 1. The van der Waals surface area contributed by atoms with Crippen LogP contribution in [-0.4, -0.2) is 11.1 Å². The number of carbonyl (C=O) groups excluding carboxylic acids is 1. The lowest BCUT2D eigenvalue weighted by atomic mass is 9.98. The van der Waals surface area contributed by atoms with E-state index >= 15 is 0 Å². The van der Waals surface area contributed by atoms with Gasteiger partial charge in [0.05, 0.1) is 17.0 Å². The standard InChI is InChI=1S/C28H18ClFN2O5/c1-15-12-23(31-37-15)32-25(17-4-9-20(10-5-17)35-14-16-2-6-18(29)7-3-16)24-26(33)21-13-19(30)8-11-22(21)36-27(24)28(32)34/h2-13,25H,14H2,1H3. The van der Waals surface area contributed by atoms with Gasteiger partial charge >= 0.3 is 0 Å². The fourth-order valence-corrected chi connectivity index (χ4v) is 4.58. The monoisotopic (exact) mass is 516 g/mol. The third-order valence-electron chi connectivity index (χ3n) is 6.21. The zero-order valence-corrected chi connectivity index (χ0v) is 20.2. The van der Waals surface area contributed by atoms with Gasteiger partial charge in [-0.1, -0.05) is 41.0 Å². The van der Waals surface area contributed by atoms with E-state index < -0.39 is 23.2 Å². The van der Waals surface area contributed by atoms with Crippen molar-refractivity contribution in [3.8, 4) is 5.75 Å². The minimum absolute atomic E-state index is 0.0534. The van der Waals surface area contributed by atoms with Crippen LogP contribution < -0.4 is 15.1 Å². The molecular weight excluding hydrogens is 499 g/mol. The highest BCUT2D eigenvalue weighted by Crippen LogP contribution is 2.41. The Morgan fingerprint density at radius 3 is 2.49 bits per heavy atom. The maximum absolute atomic E-state index is 14.0. The highest BCUT2D eigenvalue weighted by molar-refractivity contribution is 6.30. The Bertz CT molecular complexity index is 1710. The molecule has 0 saturated heterocycles. The number of carbonyl (C=O) groups is 1. The summed E-state index contributed by atoms with van der Waals surface area (Å²) in [7, 11) is 0. The predicted molar refractivity (Wildman–Crippen MR) is 135 cm³/mol. The number of amides is 1. The summed E-state index contributed by atoms with van der Waals surface area (Å²) in [5.74, 6) is 0.0931. The zero-order valence-electron chi connectivity index (χ0n) is 19.4. The largest absolute Gasteiger partial charge is 0.489 e. The molecule has 6 rings (SSSR count). The van der Waals surface area contributed by atoms with Crippen molar-refractivity contribution in [1.29, 1.82) is 0 Å². The molecule has 5 aromatic rings. The van der Waals surface area contributed by atoms with Gasteiger partial charge in [0.25, 0.3) is 5.91 Å². The Balaban J connectivity index is 1.41. The second-order valence-electron chi connectivity index (χ2n) is 8.67. The highest BCUT2D eigenvalue weighted by atomic mass is 35.5. The predicted octanol–water partition coefficient (Wildman–Crippen LogP) is 6.21. The van der Waals surface area contributed by atoms with Crippen LogP contribution in [0.4, 0.5) is 10.2 Å². The smallest absolute Gasteiger partial charge is 0.296 e. The summed E-state index contributed by atoms with van der Waals surface area (Å²) in [6.07, 6.45) is 0. The Labute approximate surface area is 214 Å². The van der Waals surface area contributed by atoms with Gasteiger partial charge in [-0.25, -0.2) is 4.39 Å². The minimum atomic E-state index is -0.860. The van der Waals surface area contributed by atoms with Crippen LogP contribution >= 0.6 is 11.6 Å². The van der Waals surface area contributed by atoms with Gasteiger partial charge in [0.15, 0.2) is 11.2 Å². The molecule has 3 aromatic carbocycles. The van der Waals surface area contributed by atoms with E-state index in [0.717, 1.165) is 11.6 Å². The van der Waals surface area contributed by atoms with E-state index in [2.05, 4.69) is 5.16 Å². The molecule has 0 saturated carbocycles. The number of fused-ring (bicyclic) bond motifs is 2. The van der Waals surface area contributed by atoms with Gasteiger partial charge in [0, 0.05) is 11.1 Å². The summed E-state index contributed by atoms with van der Waals surface area (Å²) in [5, 5.41) is 4.70. The number of rotatable bonds is 5. The number of aromatic nitrogens is 1. The third-order valence-corrected chi connectivity index (χ3v) is 6.46. The van der Waals surface area contributed by atoms with E-state index in [0.29, 0.717) is 28.7 Å². The average molecular weight is 517 g/mol. The molecule has 184 valence electrons. The van der Waals surface area contributed by atoms with Crippen molar-refractivity contribution < 1.29 is 22.9 Å². The number of nitrogens with zero attached hydrogens (tertiary/aromatic N) is 2. The number of hydrogen-bond donors (Lipinski definition) is 0. The van der Waals surface area contributed by atoms with Gasteiger partial charge in [-0.3, -0.25) is 14.5 Å². The lowest BCUT2D eigenvalue weighted by molar-refractivity contribution is 0.0969. The summed E-state index contributed by atoms with van der Waals surface area (Å²) in [6.45, 7) is 2.04. The van der Waals surface area contributed by atoms with E-state index in [4.69, 9.17) is 25.3 Å². The topological polar surface area (TPSA) is 85.8 Å². The summed E-state index contributed by atoms with van der Waals surface area (Å²) in [4.78, 5) is 28.4. The number of ether oxygens (including phenoxy) is 1. The van der Waals surface area contributed by atoms with Crippen molar-refractivity contribution in [1.82, 2.24) is 5.16 Å². The molecular formula is C28H18ClFN2O5. The molecule has 9 heteroatoms. The van der Waals surface area contributed by atoms with Crippen LogP contribution in [0.15, 0.2) is 86.5 Å². The van der Waals surface area contributed by atoms with Crippen molar-refractivity contribution in [3.63, 3.8) is 0 Å². The van der Waals surface area contributed by atoms with Gasteiger partial charge in [-0.05, 0) is 60.5 Å². The Hall–Kier alpha value is -4.43. The molecule has 0 bridgehead atoms. The molecule has 0 spiro atoms. The summed E-state index contributed by atoms with van der Waals surface area (Å²) >= 11 is 5.94. The zero-order chi connectivity index (χ0) is 25.7. The molecule has 0 fully saturated rings. The van der Waals surface area contributed by atoms with Crippen molar-refractivity contribution in [2.75, 3.05) is 4.90 Å². The summed E-state index contributed by atoms with van der Waals surface area (Å²) in [5.41, 5.74) is 1.32. The minimum Gasteiger partial charge on any atom is -0.489 e. The van der Waals surface area contributed by atoms with Gasteiger partial charge < -0.3 is 13.7 Å². The van der Waals surface area contributed by atoms with Crippen LogP contribution in [0.5, 0.6) is 5.75 Å². The second kappa shape index (κ2) is 8.90. The molecule has 1 aliphatic rings. The lowest BCUT2D eigenvalue weighted by Crippen LogP contribution is -2.29. The van der Waals surface area contributed by atoms with Gasteiger partial charge in [0.2, 0.25) is 5.76 Å². The van der Waals surface area contributed by atoms with Crippen LogP contribution in [0.2, 0.25) is 5.02 Å². The van der Waals surface area contributed by atoms with Gasteiger partial charge in [-0.15, -0.1) is 0 Å². The van der Waals surface area contributed by atoms with Crippen LogP contribution in [0.1, 0.15) is 39.0 Å². The van der Waals surface area contributed by atoms with Gasteiger partial charge in [0.1, 0.15) is 29.5 Å².